The van der Waals surface area contributed by atoms with Gasteiger partial charge >= 0.3 is 6.85 Å². The van der Waals surface area contributed by atoms with Crippen LogP contribution in [0.5, 0.6) is 0 Å². The Morgan fingerprint density at radius 1 is 0.548 bits per heavy atom. The molecule has 5 heterocycles. The third-order valence-electron chi connectivity index (χ3n) is 14.2. The lowest BCUT2D eigenvalue weighted by molar-refractivity contribution is 0.590. The summed E-state index contributed by atoms with van der Waals surface area (Å²) in [7, 11) is 2.23. The molecule has 0 radical (unpaired) electrons. The molecule has 0 fully saturated rings. The molecule has 0 bridgehead atoms. The van der Waals surface area contributed by atoms with Gasteiger partial charge in [0.1, 0.15) is 0 Å². The van der Waals surface area contributed by atoms with Gasteiger partial charge in [-0.3, -0.25) is 0 Å². The summed E-state index contributed by atoms with van der Waals surface area (Å²) in [4.78, 5) is 2.70. The molecule has 2 aliphatic rings. The molecule has 0 atom stereocenters. The van der Waals surface area contributed by atoms with Crippen molar-refractivity contribution in [1.29, 1.82) is 0 Å². The van der Waals surface area contributed by atoms with E-state index in [-0.39, 0.29) is 23.1 Å². The van der Waals surface area contributed by atoms with Gasteiger partial charge in [-0.2, -0.15) is 0 Å². The maximum Gasteiger partial charge on any atom is 0.333 e. The lowest BCUT2D eigenvalue weighted by atomic mass is 9.43. The molecular weight excluding hydrogens is 770 g/mol. The Labute approximate surface area is 369 Å². The van der Waals surface area contributed by atoms with Crippen LogP contribution < -0.4 is 15.7 Å². The van der Waals surface area contributed by atoms with Crippen molar-refractivity contribution in [3.8, 4) is 28.1 Å². The van der Waals surface area contributed by atoms with Gasteiger partial charge in [0.15, 0.2) is 0 Å². The van der Waals surface area contributed by atoms with Crippen molar-refractivity contribution < 1.29 is 0 Å². The van der Waals surface area contributed by atoms with Crippen molar-refractivity contribution in [1.82, 2.24) is 9.13 Å². The molecule has 0 saturated carbocycles. The second-order valence-corrected chi connectivity index (χ2v) is 22.2. The minimum absolute atomic E-state index is 0.00191. The zero-order valence-electron chi connectivity index (χ0n) is 37.5. The number of anilines is 2. The predicted molar refractivity (Wildman–Crippen MR) is 271 cm³/mol. The second kappa shape index (κ2) is 12.5. The highest BCUT2D eigenvalue weighted by atomic mass is 32.1. The number of fused-ring (bicyclic) bond motifs is 14. The summed E-state index contributed by atoms with van der Waals surface area (Å²) in [6, 6.07) is 51.7. The second-order valence-electron chi connectivity index (χ2n) is 21.1. The Balaban J connectivity index is 1.31. The van der Waals surface area contributed by atoms with Crippen LogP contribution in [-0.2, 0) is 23.3 Å². The number of nitrogens with zero attached hydrogens (tertiary/aromatic N) is 3. The standard InChI is InChI=1S/C57H52BN3S/c1-55(2,3)35-20-24-38(25-21-35)61-44-27-23-37(57(7,8)9)31-41(44)49-50-39-18-14-15-19-48(39)62-54(50)51-40-30-36(56(4,5)6)22-26-43(40)60-47-32-46-34(28-42(47)58(61)52(49)53(51)60)29-45(59(46)10)33-16-12-11-13-17-33/h11-32H,1-10H3. The highest BCUT2D eigenvalue weighted by Crippen LogP contribution is 2.53. The number of aromatic nitrogens is 2. The Morgan fingerprint density at radius 2 is 1.21 bits per heavy atom. The van der Waals surface area contributed by atoms with Crippen LogP contribution >= 0.6 is 11.3 Å². The third-order valence-corrected chi connectivity index (χ3v) is 15.3. The van der Waals surface area contributed by atoms with Crippen molar-refractivity contribution in [2.75, 3.05) is 4.81 Å². The van der Waals surface area contributed by atoms with Gasteiger partial charge in [0.05, 0.1) is 16.6 Å². The van der Waals surface area contributed by atoms with Crippen LogP contribution in [0.3, 0.4) is 0 Å². The molecule has 0 spiro atoms. The lowest BCUT2D eigenvalue weighted by Crippen LogP contribution is -2.60. The molecule has 7 aromatic carbocycles. The molecule has 12 rings (SSSR count). The largest absolute Gasteiger partial charge is 0.376 e. The first-order valence-corrected chi connectivity index (χ1v) is 23.1. The van der Waals surface area contributed by atoms with Gasteiger partial charge < -0.3 is 13.9 Å². The molecule has 10 aromatic rings. The fourth-order valence-electron chi connectivity index (χ4n) is 10.8. The van der Waals surface area contributed by atoms with E-state index in [0.29, 0.717) is 0 Å². The quantitative estimate of drug-likeness (QED) is 0.158. The summed E-state index contributed by atoms with van der Waals surface area (Å²) in [5, 5.41) is 6.72. The van der Waals surface area contributed by atoms with Gasteiger partial charge in [-0.25, -0.2) is 0 Å². The van der Waals surface area contributed by atoms with Gasteiger partial charge in [-0.15, -0.1) is 11.3 Å². The first kappa shape index (κ1) is 37.7. The number of hydrogen-bond acceptors (Lipinski definition) is 2. The van der Waals surface area contributed by atoms with Crippen molar-refractivity contribution in [2.45, 2.75) is 78.6 Å². The van der Waals surface area contributed by atoms with E-state index in [4.69, 9.17) is 0 Å². The molecule has 304 valence electrons. The highest BCUT2D eigenvalue weighted by molar-refractivity contribution is 7.27. The van der Waals surface area contributed by atoms with Crippen molar-refractivity contribution >= 4 is 93.4 Å². The van der Waals surface area contributed by atoms with Gasteiger partial charge in [0.2, 0.25) is 0 Å². The molecule has 3 nitrogen and oxygen atoms in total. The van der Waals surface area contributed by atoms with E-state index in [2.05, 4.69) is 217 Å². The number of rotatable bonds is 2. The van der Waals surface area contributed by atoms with Gasteiger partial charge in [0, 0.05) is 66.3 Å². The molecule has 5 heteroatoms. The highest BCUT2D eigenvalue weighted by Gasteiger charge is 2.46. The molecule has 0 N–H and O–H groups in total. The number of aryl methyl sites for hydroxylation is 1. The summed E-state index contributed by atoms with van der Waals surface area (Å²) >= 11 is 1.97. The Morgan fingerprint density at radius 3 is 1.94 bits per heavy atom. The molecule has 0 aliphatic carbocycles. The first-order valence-electron chi connectivity index (χ1n) is 22.3. The van der Waals surface area contributed by atoms with Crippen LogP contribution in [0.15, 0.2) is 133 Å². The van der Waals surface area contributed by atoms with Crippen molar-refractivity contribution in [3.63, 3.8) is 0 Å². The van der Waals surface area contributed by atoms with Crippen molar-refractivity contribution in [3.05, 3.63) is 150 Å². The zero-order chi connectivity index (χ0) is 42.8. The maximum absolute atomic E-state index is 2.70. The van der Waals surface area contributed by atoms with E-state index in [1.54, 1.807) is 0 Å². The first-order chi connectivity index (χ1) is 29.6. The van der Waals surface area contributed by atoms with Gasteiger partial charge in [0.25, 0.3) is 0 Å². The average molecular weight is 822 g/mol. The molecule has 2 aliphatic heterocycles. The normalized spacial score (nSPS) is 13.9. The average Bonchev–Trinajstić information content (AvgIpc) is 3.91. The third kappa shape index (κ3) is 5.18. The summed E-state index contributed by atoms with van der Waals surface area (Å²) in [5.74, 6) is 0. The van der Waals surface area contributed by atoms with Crippen LogP contribution in [0.2, 0.25) is 0 Å². The maximum atomic E-state index is 2.70. The lowest BCUT2D eigenvalue weighted by Gasteiger charge is -2.43. The van der Waals surface area contributed by atoms with Gasteiger partial charge in [-0.05, 0) is 115 Å². The van der Waals surface area contributed by atoms with E-state index in [1.165, 1.54) is 120 Å². The van der Waals surface area contributed by atoms with Crippen LogP contribution in [0.25, 0.3) is 81.0 Å². The Kier molecular flexibility index (Phi) is 7.63. The smallest absolute Gasteiger partial charge is 0.333 e. The van der Waals surface area contributed by atoms with E-state index < -0.39 is 0 Å². The number of hydrogen-bond donors (Lipinski definition) is 0. The van der Waals surface area contributed by atoms with Crippen LogP contribution in [0.4, 0.5) is 11.4 Å². The summed E-state index contributed by atoms with van der Waals surface area (Å²) in [6.07, 6.45) is 0. The topological polar surface area (TPSA) is 13.1 Å². The number of thiophene rings is 1. The molecular formula is C57H52BN3S. The minimum atomic E-state index is -0.0808. The van der Waals surface area contributed by atoms with E-state index in [1.807, 2.05) is 11.3 Å². The van der Waals surface area contributed by atoms with Crippen LogP contribution in [-0.4, -0.2) is 16.0 Å². The molecule has 0 amide bonds. The SMILES string of the molecule is Cn1c(-c2ccccc2)cc2cc3c(cc21)-n1c2ccc(C(C)(C)C)cc2c2c4sc5ccccc5c4c4c(c21)B3N(c1ccc(C(C)(C)C)cc1)c1ccc(C(C)(C)C)cc1-4. The Hall–Kier alpha value is -6.04. The van der Waals surface area contributed by atoms with E-state index in [0.717, 1.165) is 0 Å². The zero-order valence-corrected chi connectivity index (χ0v) is 38.3. The summed E-state index contributed by atoms with van der Waals surface area (Å²) in [5.41, 5.74) is 19.6. The summed E-state index contributed by atoms with van der Waals surface area (Å²) in [6.45, 7) is 20.9. The fraction of sp³-hybridized carbons (Fsp3) is 0.228. The molecule has 0 saturated heterocycles. The summed E-state index contributed by atoms with van der Waals surface area (Å²) < 4.78 is 7.79. The van der Waals surface area contributed by atoms with Crippen molar-refractivity contribution in [2.24, 2.45) is 7.05 Å². The minimum Gasteiger partial charge on any atom is -0.376 e. The molecule has 62 heavy (non-hydrogen) atoms. The Bertz CT molecular complexity index is 3520. The fourth-order valence-corrected chi connectivity index (χ4v) is 12.1. The molecule has 0 unspecified atom stereocenters. The monoisotopic (exact) mass is 821 g/mol. The van der Waals surface area contributed by atoms with E-state index >= 15 is 0 Å². The molecule has 3 aromatic heterocycles. The van der Waals surface area contributed by atoms with Crippen LogP contribution in [0.1, 0.15) is 79.0 Å². The van der Waals surface area contributed by atoms with E-state index in [9.17, 15) is 0 Å². The predicted octanol–water partition coefficient (Wildman–Crippen LogP) is 14.4. The van der Waals surface area contributed by atoms with Crippen LogP contribution in [0, 0.1) is 0 Å². The number of benzene rings is 7. The van der Waals surface area contributed by atoms with Gasteiger partial charge in [-0.1, -0.05) is 141 Å².